The molecular formula is C14H19N3S. The fourth-order valence-corrected chi connectivity index (χ4v) is 2.67. The van der Waals surface area contributed by atoms with Crippen LogP contribution in [0.5, 0.6) is 0 Å². The van der Waals surface area contributed by atoms with Gasteiger partial charge in [0.15, 0.2) is 0 Å². The van der Waals surface area contributed by atoms with Crippen molar-refractivity contribution in [3.63, 3.8) is 0 Å². The molecule has 0 saturated carbocycles. The molecule has 0 bridgehead atoms. The highest BCUT2D eigenvalue weighted by Crippen LogP contribution is 2.26. The first-order valence-corrected chi connectivity index (χ1v) is 6.90. The molecule has 0 fully saturated rings. The highest BCUT2D eigenvalue weighted by molar-refractivity contribution is 7.09. The number of nitrogens with two attached hydrogens (primary N) is 1. The number of rotatable bonds is 2. The SMILES string of the molecule is Cc1ccnc(Cc2nc(C(C)(C)C)cs2)c1N. The van der Waals surface area contributed by atoms with Crippen LogP contribution in [0.25, 0.3) is 0 Å². The summed E-state index contributed by atoms with van der Waals surface area (Å²) in [5.41, 5.74) is 10.0. The zero-order valence-electron chi connectivity index (χ0n) is 11.3. The van der Waals surface area contributed by atoms with Crippen molar-refractivity contribution in [1.82, 2.24) is 9.97 Å². The van der Waals surface area contributed by atoms with Gasteiger partial charge in [0.25, 0.3) is 0 Å². The van der Waals surface area contributed by atoms with Crippen molar-refractivity contribution in [2.75, 3.05) is 5.73 Å². The minimum absolute atomic E-state index is 0.0975. The summed E-state index contributed by atoms with van der Waals surface area (Å²) in [6.45, 7) is 8.52. The fraction of sp³-hybridized carbons (Fsp3) is 0.429. The van der Waals surface area contributed by atoms with Crippen LogP contribution in [0, 0.1) is 6.92 Å². The van der Waals surface area contributed by atoms with Crippen LogP contribution in [0.2, 0.25) is 0 Å². The first-order valence-electron chi connectivity index (χ1n) is 6.03. The number of pyridine rings is 1. The number of hydrogen-bond donors (Lipinski definition) is 1. The van der Waals surface area contributed by atoms with E-state index in [1.807, 2.05) is 13.0 Å². The molecule has 18 heavy (non-hydrogen) atoms. The lowest BCUT2D eigenvalue weighted by Gasteiger charge is -2.14. The quantitative estimate of drug-likeness (QED) is 0.902. The standard InChI is InChI=1S/C14H19N3S/c1-9-5-6-16-10(13(9)15)7-12-17-11(8-18-12)14(2,3)4/h5-6,8H,7,15H2,1-4H3. The molecule has 0 amide bonds. The number of nitrogen functional groups attached to an aromatic ring is 1. The predicted octanol–water partition coefficient (Wildman–Crippen LogP) is 3.32. The van der Waals surface area contributed by atoms with Crippen molar-refractivity contribution in [3.05, 3.63) is 39.6 Å². The summed E-state index contributed by atoms with van der Waals surface area (Å²) in [7, 11) is 0. The summed E-state index contributed by atoms with van der Waals surface area (Å²) in [6, 6.07) is 1.93. The van der Waals surface area contributed by atoms with Crippen LogP contribution in [0.1, 0.15) is 42.7 Å². The largest absolute Gasteiger partial charge is 0.397 e. The Balaban J connectivity index is 2.24. The van der Waals surface area contributed by atoms with E-state index < -0.39 is 0 Å². The molecule has 2 N–H and O–H groups in total. The van der Waals surface area contributed by atoms with Gasteiger partial charge in [0, 0.05) is 23.4 Å². The van der Waals surface area contributed by atoms with E-state index in [1.165, 1.54) is 0 Å². The van der Waals surface area contributed by atoms with Gasteiger partial charge in [-0.2, -0.15) is 0 Å². The molecule has 0 aromatic carbocycles. The molecule has 0 atom stereocenters. The van der Waals surface area contributed by atoms with E-state index in [1.54, 1.807) is 17.5 Å². The zero-order valence-corrected chi connectivity index (χ0v) is 12.1. The highest BCUT2D eigenvalue weighted by Gasteiger charge is 2.18. The Morgan fingerprint density at radius 2 is 2.06 bits per heavy atom. The van der Waals surface area contributed by atoms with Gasteiger partial charge in [-0.25, -0.2) is 4.98 Å². The van der Waals surface area contributed by atoms with Gasteiger partial charge in [-0.15, -0.1) is 11.3 Å². The fourth-order valence-electron chi connectivity index (χ4n) is 1.65. The Labute approximate surface area is 112 Å². The summed E-state index contributed by atoms with van der Waals surface area (Å²) in [5.74, 6) is 0. The van der Waals surface area contributed by atoms with E-state index in [2.05, 4.69) is 36.1 Å². The van der Waals surface area contributed by atoms with E-state index in [4.69, 9.17) is 5.73 Å². The molecule has 0 unspecified atom stereocenters. The van der Waals surface area contributed by atoms with Gasteiger partial charge < -0.3 is 5.73 Å². The maximum atomic E-state index is 6.04. The second kappa shape index (κ2) is 4.69. The molecule has 4 heteroatoms. The van der Waals surface area contributed by atoms with Crippen LogP contribution in [0.15, 0.2) is 17.6 Å². The minimum atomic E-state index is 0.0975. The molecule has 0 aliphatic rings. The third kappa shape index (κ3) is 2.70. The molecule has 2 aromatic rings. The van der Waals surface area contributed by atoms with Gasteiger partial charge in [-0.05, 0) is 18.6 Å². The maximum Gasteiger partial charge on any atom is 0.0989 e. The lowest BCUT2D eigenvalue weighted by molar-refractivity contribution is 0.571. The van der Waals surface area contributed by atoms with Gasteiger partial charge in [-0.3, -0.25) is 4.98 Å². The predicted molar refractivity (Wildman–Crippen MR) is 77.0 cm³/mol. The summed E-state index contributed by atoms with van der Waals surface area (Å²) in [5, 5.41) is 3.20. The Morgan fingerprint density at radius 1 is 1.33 bits per heavy atom. The highest BCUT2D eigenvalue weighted by atomic mass is 32.1. The third-order valence-corrected chi connectivity index (χ3v) is 3.78. The van der Waals surface area contributed by atoms with Gasteiger partial charge >= 0.3 is 0 Å². The molecule has 96 valence electrons. The zero-order chi connectivity index (χ0) is 13.3. The Morgan fingerprint density at radius 3 is 2.67 bits per heavy atom. The average molecular weight is 261 g/mol. The van der Waals surface area contributed by atoms with Crippen LogP contribution in [-0.4, -0.2) is 9.97 Å². The number of hydrogen-bond acceptors (Lipinski definition) is 4. The van der Waals surface area contributed by atoms with Crippen molar-refractivity contribution < 1.29 is 0 Å². The molecule has 2 aromatic heterocycles. The van der Waals surface area contributed by atoms with Gasteiger partial charge in [-0.1, -0.05) is 20.8 Å². The molecule has 0 saturated heterocycles. The first-order chi connectivity index (χ1) is 8.38. The van der Waals surface area contributed by atoms with E-state index in [9.17, 15) is 0 Å². The monoisotopic (exact) mass is 261 g/mol. The summed E-state index contributed by atoms with van der Waals surface area (Å²) in [4.78, 5) is 9.02. The second-order valence-corrected chi connectivity index (χ2v) is 6.48. The van der Waals surface area contributed by atoms with Crippen LogP contribution >= 0.6 is 11.3 Å². The van der Waals surface area contributed by atoms with Gasteiger partial charge in [0.05, 0.1) is 22.1 Å². The van der Waals surface area contributed by atoms with E-state index in [0.717, 1.165) is 27.6 Å². The maximum absolute atomic E-state index is 6.04. The molecule has 0 aliphatic carbocycles. The molecular weight excluding hydrogens is 242 g/mol. The molecule has 0 radical (unpaired) electrons. The normalized spacial score (nSPS) is 11.8. The van der Waals surface area contributed by atoms with Gasteiger partial charge in [0.1, 0.15) is 0 Å². The number of aromatic nitrogens is 2. The number of aryl methyl sites for hydroxylation is 1. The summed E-state index contributed by atoms with van der Waals surface area (Å²) < 4.78 is 0. The van der Waals surface area contributed by atoms with Crippen LogP contribution in [0.4, 0.5) is 5.69 Å². The lowest BCUT2D eigenvalue weighted by Crippen LogP contribution is -2.11. The van der Waals surface area contributed by atoms with Crippen molar-refractivity contribution in [2.24, 2.45) is 0 Å². The first kappa shape index (κ1) is 13.0. The summed E-state index contributed by atoms with van der Waals surface area (Å²) >= 11 is 1.68. The Bertz CT molecular complexity index is 552. The van der Waals surface area contributed by atoms with Crippen LogP contribution in [0.3, 0.4) is 0 Å². The molecule has 2 rings (SSSR count). The Hall–Kier alpha value is -1.42. The van der Waals surface area contributed by atoms with E-state index >= 15 is 0 Å². The Kier molecular flexibility index (Phi) is 3.39. The van der Waals surface area contributed by atoms with Crippen LogP contribution < -0.4 is 5.73 Å². The van der Waals surface area contributed by atoms with E-state index in [-0.39, 0.29) is 5.41 Å². The molecule has 2 heterocycles. The molecule has 0 spiro atoms. The number of thiazole rings is 1. The number of nitrogens with zero attached hydrogens (tertiary/aromatic N) is 2. The third-order valence-electron chi connectivity index (χ3n) is 2.93. The average Bonchev–Trinajstić information content (AvgIpc) is 2.73. The van der Waals surface area contributed by atoms with Crippen molar-refractivity contribution in [3.8, 4) is 0 Å². The van der Waals surface area contributed by atoms with Crippen LogP contribution in [-0.2, 0) is 11.8 Å². The lowest BCUT2D eigenvalue weighted by atomic mass is 9.93. The molecule has 3 nitrogen and oxygen atoms in total. The smallest absolute Gasteiger partial charge is 0.0989 e. The minimum Gasteiger partial charge on any atom is -0.397 e. The van der Waals surface area contributed by atoms with Crippen molar-refractivity contribution in [2.45, 2.75) is 39.5 Å². The summed E-state index contributed by atoms with van der Waals surface area (Å²) in [6.07, 6.45) is 2.52. The van der Waals surface area contributed by atoms with Crippen molar-refractivity contribution in [1.29, 1.82) is 0 Å². The topological polar surface area (TPSA) is 51.8 Å². The molecule has 0 aliphatic heterocycles. The van der Waals surface area contributed by atoms with Gasteiger partial charge in [0.2, 0.25) is 0 Å². The van der Waals surface area contributed by atoms with Crippen molar-refractivity contribution >= 4 is 17.0 Å². The second-order valence-electron chi connectivity index (χ2n) is 5.54. The van der Waals surface area contributed by atoms with E-state index in [0.29, 0.717) is 6.42 Å². The number of anilines is 1.